The average Bonchev–Trinajstić information content (AvgIpc) is 3.05. The molecule has 26 heavy (non-hydrogen) atoms. The molecule has 2 fully saturated rings. The Morgan fingerprint density at radius 3 is 2.54 bits per heavy atom. The molecular formula is C16H22O8SSi. The summed E-state index contributed by atoms with van der Waals surface area (Å²) in [5.74, 6) is -2.79. The Balaban J connectivity index is 1.81. The van der Waals surface area contributed by atoms with Crippen molar-refractivity contribution in [2.75, 3.05) is 6.61 Å². The predicted octanol–water partition coefficient (Wildman–Crippen LogP) is 0.598. The van der Waals surface area contributed by atoms with Gasteiger partial charge in [0.2, 0.25) is 0 Å². The molecule has 3 heterocycles. The maximum Gasteiger partial charge on any atom is 0.326 e. The molecule has 2 saturated heterocycles. The van der Waals surface area contributed by atoms with Crippen molar-refractivity contribution in [2.24, 2.45) is 0 Å². The zero-order valence-electron chi connectivity index (χ0n) is 14.7. The van der Waals surface area contributed by atoms with Crippen molar-refractivity contribution in [1.29, 1.82) is 0 Å². The summed E-state index contributed by atoms with van der Waals surface area (Å²) in [5.41, 5.74) is 0. The van der Waals surface area contributed by atoms with Crippen LogP contribution < -0.4 is 0 Å². The van der Waals surface area contributed by atoms with Crippen LogP contribution >= 0.6 is 11.3 Å². The average molecular weight is 402 g/mol. The number of aliphatic hydroxyl groups is 2. The minimum absolute atomic E-state index is 0.214. The van der Waals surface area contributed by atoms with Crippen molar-refractivity contribution in [3.8, 4) is 0 Å². The van der Waals surface area contributed by atoms with Crippen LogP contribution in [0.15, 0.2) is 17.5 Å². The predicted molar refractivity (Wildman–Crippen MR) is 93.0 cm³/mol. The number of aliphatic hydroxyl groups excluding tert-OH is 2. The number of carbonyl (C=O) groups excluding carboxylic acids is 2. The van der Waals surface area contributed by atoms with Crippen LogP contribution in [0.5, 0.6) is 0 Å². The molecule has 2 N–H and O–H groups in total. The summed E-state index contributed by atoms with van der Waals surface area (Å²) in [7, 11) is -2.08. The van der Waals surface area contributed by atoms with Crippen LogP contribution in [0.1, 0.15) is 10.8 Å². The number of rotatable bonds is 3. The topological polar surface area (TPSA) is 112 Å². The normalized spacial score (nSPS) is 35.7. The summed E-state index contributed by atoms with van der Waals surface area (Å²) in [6, 6.07) is 3.35. The highest BCUT2D eigenvalue weighted by molar-refractivity contribution is 7.10. The molecule has 1 aromatic rings. The third-order valence-corrected chi connectivity index (χ3v) is 5.93. The van der Waals surface area contributed by atoms with E-state index in [1.54, 1.807) is 17.5 Å². The van der Waals surface area contributed by atoms with Crippen LogP contribution in [-0.2, 0) is 28.2 Å². The monoisotopic (exact) mass is 402 g/mol. The van der Waals surface area contributed by atoms with Crippen LogP contribution in [0.3, 0.4) is 0 Å². The number of fused-ring (bicyclic) bond motifs is 1. The highest BCUT2D eigenvalue weighted by atomic mass is 32.1. The van der Waals surface area contributed by atoms with Gasteiger partial charge in [-0.25, -0.2) is 0 Å². The largest absolute Gasteiger partial charge is 0.462 e. The molecule has 0 aliphatic carbocycles. The van der Waals surface area contributed by atoms with Crippen molar-refractivity contribution in [3.05, 3.63) is 22.4 Å². The number of carbonyl (C=O) groups is 2. The standard InChI is InChI=1S/C16H22O8SSi/c1-26(2,3)24-16-12(18)11(17)13-8(22-16)7-21-14(19)10(15(20)23-13)9-5-4-6-25-9/h4-6,8,10-13,16-18H,7H2,1-3H3/t8-,10?,11-,12-,13-,16+/m1/s1. The lowest BCUT2D eigenvalue weighted by molar-refractivity contribution is -0.287. The van der Waals surface area contributed by atoms with E-state index < -0.39 is 56.9 Å². The number of hydrogen-bond acceptors (Lipinski definition) is 9. The number of cyclic esters (lactones) is 1. The first kappa shape index (κ1) is 19.5. The molecule has 10 heteroatoms. The molecule has 2 aliphatic heterocycles. The van der Waals surface area contributed by atoms with E-state index in [0.29, 0.717) is 4.88 Å². The fraction of sp³-hybridized carbons (Fsp3) is 0.625. The fourth-order valence-corrected chi connectivity index (χ4v) is 4.56. The van der Waals surface area contributed by atoms with E-state index in [1.165, 1.54) is 11.3 Å². The third kappa shape index (κ3) is 4.00. The number of thiophene rings is 1. The van der Waals surface area contributed by atoms with Gasteiger partial charge in [-0.3, -0.25) is 9.59 Å². The SMILES string of the molecule is C[Si](C)(C)O[C@@H]1O[C@@H]2COC(=O)C(c3cccs3)C(=O)O[C@H]2[C@H](O)[C@H]1O. The van der Waals surface area contributed by atoms with Gasteiger partial charge in [0.25, 0.3) is 0 Å². The van der Waals surface area contributed by atoms with Gasteiger partial charge in [0.1, 0.15) is 24.9 Å². The summed E-state index contributed by atoms with van der Waals surface area (Å²) in [6.07, 6.45) is -5.96. The van der Waals surface area contributed by atoms with Gasteiger partial charge in [0.15, 0.2) is 26.6 Å². The minimum Gasteiger partial charge on any atom is -0.462 e. The van der Waals surface area contributed by atoms with Gasteiger partial charge in [0, 0.05) is 4.88 Å². The lowest BCUT2D eigenvalue weighted by Gasteiger charge is -2.44. The first-order chi connectivity index (χ1) is 12.2. The third-order valence-electron chi connectivity index (χ3n) is 4.05. The zero-order valence-corrected chi connectivity index (χ0v) is 16.5. The lowest BCUT2D eigenvalue weighted by Crippen LogP contribution is -2.63. The van der Waals surface area contributed by atoms with E-state index in [-0.39, 0.29) is 6.61 Å². The number of ether oxygens (including phenoxy) is 3. The summed E-state index contributed by atoms with van der Waals surface area (Å²) in [4.78, 5) is 25.3. The molecule has 0 aromatic carbocycles. The summed E-state index contributed by atoms with van der Waals surface area (Å²) < 4.78 is 22.0. The number of hydrogen-bond donors (Lipinski definition) is 2. The Labute approximate surface area is 155 Å². The first-order valence-corrected chi connectivity index (χ1v) is 12.6. The summed E-state index contributed by atoms with van der Waals surface area (Å²) >= 11 is 1.23. The maximum atomic E-state index is 12.5. The molecule has 3 rings (SSSR count). The highest BCUT2D eigenvalue weighted by Gasteiger charge is 2.51. The molecule has 0 bridgehead atoms. The van der Waals surface area contributed by atoms with Crippen molar-refractivity contribution in [2.45, 2.75) is 56.3 Å². The Bertz CT molecular complexity index is 658. The van der Waals surface area contributed by atoms with E-state index >= 15 is 0 Å². The number of esters is 2. The maximum absolute atomic E-state index is 12.5. The quantitative estimate of drug-likeness (QED) is 0.429. The van der Waals surface area contributed by atoms with Crippen molar-refractivity contribution in [1.82, 2.24) is 0 Å². The fourth-order valence-electron chi connectivity index (χ4n) is 2.86. The second-order valence-corrected chi connectivity index (χ2v) is 12.7. The van der Waals surface area contributed by atoms with Gasteiger partial charge in [-0.05, 0) is 31.1 Å². The Kier molecular flexibility index (Phi) is 5.52. The molecule has 2 aliphatic rings. The van der Waals surface area contributed by atoms with Crippen LogP contribution in [0.2, 0.25) is 19.6 Å². The molecule has 0 amide bonds. The Morgan fingerprint density at radius 1 is 1.19 bits per heavy atom. The van der Waals surface area contributed by atoms with Crippen molar-refractivity contribution >= 4 is 31.6 Å². The van der Waals surface area contributed by atoms with E-state index in [4.69, 9.17) is 18.6 Å². The lowest BCUT2D eigenvalue weighted by atomic mass is 9.98. The molecule has 0 radical (unpaired) electrons. The molecule has 1 aromatic heterocycles. The molecule has 144 valence electrons. The van der Waals surface area contributed by atoms with E-state index in [9.17, 15) is 19.8 Å². The second kappa shape index (κ2) is 7.37. The van der Waals surface area contributed by atoms with Crippen LogP contribution in [-0.4, -0.2) is 67.8 Å². The molecule has 1 unspecified atom stereocenters. The van der Waals surface area contributed by atoms with Gasteiger partial charge in [-0.15, -0.1) is 11.3 Å². The minimum atomic E-state index is -2.08. The van der Waals surface area contributed by atoms with Gasteiger partial charge < -0.3 is 28.8 Å². The molecule has 0 saturated carbocycles. The molecular weight excluding hydrogens is 380 g/mol. The van der Waals surface area contributed by atoms with Gasteiger partial charge in [-0.1, -0.05) is 6.07 Å². The van der Waals surface area contributed by atoms with Gasteiger partial charge in [0.05, 0.1) is 0 Å². The van der Waals surface area contributed by atoms with E-state index in [2.05, 4.69) is 0 Å². The van der Waals surface area contributed by atoms with E-state index in [0.717, 1.165) is 0 Å². The Hall–Kier alpha value is -1.30. The second-order valence-electron chi connectivity index (χ2n) is 7.23. The molecule has 0 spiro atoms. The summed E-state index contributed by atoms with van der Waals surface area (Å²) in [5, 5.41) is 22.5. The van der Waals surface area contributed by atoms with Gasteiger partial charge >= 0.3 is 11.9 Å². The van der Waals surface area contributed by atoms with Crippen molar-refractivity contribution in [3.63, 3.8) is 0 Å². The first-order valence-electron chi connectivity index (χ1n) is 8.27. The zero-order chi connectivity index (χ0) is 19.1. The Morgan fingerprint density at radius 2 is 1.92 bits per heavy atom. The summed E-state index contributed by atoms with van der Waals surface area (Å²) in [6.45, 7) is 5.51. The smallest absolute Gasteiger partial charge is 0.326 e. The van der Waals surface area contributed by atoms with Crippen molar-refractivity contribution < 1.29 is 38.4 Å². The molecule has 6 atom stereocenters. The van der Waals surface area contributed by atoms with Crippen LogP contribution in [0, 0.1) is 0 Å². The highest BCUT2D eigenvalue weighted by Crippen LogP contribution is 2.32. The van der Waals surface area contributed by atoms with Crippen LogP contribution in [0.25, 0.3) is 0 Å². The van der Waals surface area contributed by atoms with E-state index in [1.807, 2.05) is 19.6 Å². The van der Waals surface area contributed by atoms with Crippen LogP contribution in [0.4, 0.5) is 0 Å². The van der Waals surface area contributed by atoms with Gasteiger partial charge in [-0.2, -0.15) is 0 Å². The molecule has 8 nitrogen and oxygen atoms in total.